The van der Waals surface area contributed by atoms with Crippen LogP contribution in [0.3, 0.4) is 0 Å². The lowest BCUT2D eigenvalue weighted by Gasteiger charge is -2.10. The summed E-state index contributed by atoms with van der Waals surface area (Å²) in [6.07, 6.45) is 5.37. The van der Waals surface area contributed by atoms with Gasteiger partial charge in [0.05, 0.1) is 0 Å². The number of hydrogen-bond donors (Lipinski definition) is 0. The number of hydrogen-bond acceptors (Lipinski definition) is 2. The smallest absolute Gasteiger partial charge is 0.229 e. The minimum absolute atomic E-state index is 0.715. The molecule has 0 aliphatic carbocycles. The molecular formula is C12H26O2Si2. The van der Waals surface area contributed by atoms with Crippen molar-refractivity contribution in [2.45, 2.75) is 58.5 Å². The lowest BCUT2D eigenvalue weighted by Crippen LogP contribution is -2.01. The van der Waals surface area contributed by atoms with E-state index >= 15 is 0 Å². The van der Waals surface area contributed by atoms with E-state index in [9.17, 15) is 0 Å². The van der Waals surface area contributed by atoms with Crippen molar-refractivity contribution in [2.75, 3.05) is 13.2 Å². The molecule has 0 aromatic carbocycles. The van der Waals surface area contributed by atoms with Gasteiger partial charge in [0.15, 0.2) is 0 Å². The Morgan fingerprint density at radius 3 is 1.69 bits per heavy atom. The van der Waals surface area contributed by atoms with Gasteiger partial charge in [0.2, 0.25) is 19.5 Å². The average Bonchev–Trinajstić information content (AvgIpc) is 2.28. The van der Waals surface area contributed by atoms with Crippen molar-refractivity contribution in [3.63, 3.8) is 0 Å². The molecule has 0 amide bonds. The van der Waals surface area contributed by atoms with Crippen LogP contribution in [0.2, 0.25) is 12.1 Å². The lowest BCUT2D eigenvalue weighted by atomic mass is 10.0. The minimum Gasteiger partial charge on any atom is -0.418 e. The highest BCUT2D eigenvalue weighted by Crippen LogP contribution is 2.15. The highest BCUT2D eigenvalue weighted by molar-refractivity contribution is 6.27. The second-order valence-electron chi connectivity index (χ2n) is 4.04. The van der Waals surface area contributed by atoms with E-state index in [0.717, 1.165) is 19.1 Å². The Hall–Kier alpha value is 0.354. The zero-order valence-electron chi connectivity index (χ0n) is 11.1. The van der Waals surface area contributed by atoms with Gasteiger partial charge in [-0.25, -0.2) is 0 Å². The Bertz CT molecular complexity index is 120. The summed E-state index contributed by atoms with van der Waals surface area (Å²) < 4.78 is 10.7. The molecule has 0 saturated carbocycles. The van der Waals surface area contributed by atoms with Gasteiger partial charge >= 0.3 is 0 Å². The molecule has 16 heavy (non-hydrogen) atoms. The van der Waals surface area contributed by atoms with E-state index < -0.39 is 0 Å². The van der Waals surface area contributed by atoms with Gasteiger partial charge in [-0.05, 0) is 31.9 Å². The molecule has 4 radical (unpaired) electrons. The topological polar surface area (TPSA) is 18.5 Å². The molecule has 0 fully saturated rings. The fraction of sp³-hybridized carbons (Fsp3) is 1.00. The Morgan fingerprint density at radius 1 is 0.875 bits per heavy atom. The second kappa shape index (κ2) is 13.4. The van der Waals surface area contributed by atoms with Crippen LogP contribution in [0.25, 0.3) is 0 Å². The summed E-state index contributed by atoms with van der Waals surface area (Å²) in [6.45, 7) is 8.23. The van der Waals surface area contributed by atoms with Crippen molar-refractivity contribution in [3.05, 3.63) is 0 Å². The molecule has 0 aromatic rings. The van der Waals surface area contributed by atoms with E-state index in [2.05, 4.69) is 20.8 Å². The quantitative estimate of drug-likeness (QED) is 0.395. The Morgan fingerprint density at radius 2 is 1.31 bits per heavy atom. The van der Waals surface area contributed by atoms with Crippen LogP contribution in [-0.4, -0.2) is 32.7 Å². The molecule has 0 atom stereocenters. The van der Waals surface area contributed by atoms with E-state index in [1.165, 1.54) is 37.8 Å². The zero-order valence-corrected chi connectivity index (χ0v) is 13.1. The number of rotatable bonds is 12. The van der Waals surface area contributed by atoms with Crippen molar-refractivity contribution in [1.29, 1.82) is 0 Å². The van der Waals surface area contributed by atoms with Crippen LogP contribution in [0.5, 0.6) is 0 Å². The first-order valence-electron chi connectivity index (χ1n) is 6.50. The van der Waals surface area contributed by atoms with Crippen molar-refractivity contribution >= 4 is 19.5 Å². The van der Waals surface area contributed by atoms with Gasteiger partial charge in [-0.3, -0.25) is 0 Å². The van der Waals surface area contributed by atoms with E-state index in [1.54, 1.807) is 0 Å². The van der Waals surface area contributed by atoms with Crippen LogP contribution in [0.1, 0.15) is 46.5 Å². The van der Waals surface area contributed by atoms with Crippen LogP contribution >= 0.6 is 0 Å². The van der Waals surface area contributed by atoms with Gasteiger partial charge in [-0.1, -0.05) is 32.6 Å². The largest absolute Gasteiger partial charge is 0.418 e. The summed E-state index contributed by atoms with van der Waals surface area (Å²) in [6, 6.07) is 2.50. The Labute approximate surface area is 106 Å². The average molecular weight is 259 g/mol. The van der Waals surface area contributed by atoms with Crippen molar-refractivity contribution < 1.29 is 8.85 Å². The summed E-state index contributed by atoms with van der Waals surface area (Å²) in [4.78, 5) is 0. The molecule has 2 nitrogen and oxygen atoms in total. The Balaban J connectivity index is 3.09. The van der Waals surface area contributed by atoms with Gasteiger partial charge in [0.1, 0.15) is 0 Å². The zero-order chi connectivity index (χ0) is 12.1. The van der Waals surface area contributed by atoms with Gasteiger partial charge in [0, 0.05) is 13.2 Å². The predicted octanol–water partition coefficient (Wildman–Crippen LogP) is 3.33. The van der Waals surface area contributed by atoms with Crippen LogP contribution in [0, 0.1) is 5.92 Å². The van der Waals surface area contributed by atoms with Gasteiger partial charge in [-0.15, -0.1) is 0 Å². The summed E-state index contributed by atoms with van der Waals surface area (Å²) >= 11 is 0. The van der Waals surface area contributed by atoms with Crippen molar-refractivity contribution in [1.82, 2.24) is 0 Å². The fourth-order valence-corrected chi connectivity index (χ4v) is 2.93. The molecule has 0 aliphatic rings. The first kappa shape index (κ1) is 16.4. The lowest BCUT2D eigenvalue weighted by molar-refractivity contribution is 0.355. The summed E-state index contributed by atoms with van der Waals surface area (Å²) in [7, 11) is 1.43. The molecule has 0 aromatic heterocycles. The summed E-state index contributed by atoms with van der Waals surface area (Å²) in [5.41, 5.74) is 0. The third kappa shape index (κ3) is 12.4. The minimum atomic E-state index is 0.715. The second-order valence-corrected chi connectivity index (χ2v) is 6.20. The monoisotopic (exact) mass is 258 g/mol. The van der Waals surface area contributed by atoms with Crippen molar-refractivity contribution in [3.8, 4) is 0 Å². The molecule has 0 bridgehead atoms. The normalized spacial score (nSPS) is 11.2. The van der Waals surface area contributed by atoms with Gasteiger partial charge in [0.25, 0.3) is 0 Å². The summed E-state index contributed by atoms with van der Waals surface area (Å²) in [5.74, 6) is 0.873. The first-order valence-corrected chi connectivity index (χ1v) is 8.73. The molecule has 0 heterocycles. The third-order valence-corrected chi connectivity index (χ3v) is 4.55. The molecule has 0 rings (SSSR count). The molecule has 0 N–H and O–H groups in total. The van der Waals surface area contributed by atoms with Crippen LogP contribution in [0.15, 0.2) is 0 Å². The van der Waals surface area contributed by atoms with Crippen LogP contribution in [0.4, 0.5) is 0 Å². The van der Waals surface area contributed by atoms with Crippen LogP contribution in [-0.2, 0) is 8.85 Å². The standard InChI is InChI=1S/C12H26O2Si2/c1-4-13-15-10-6-8-12(3)9-7-11-16-14-5-2/h12H,4-11H2,1-3H3. The Kier molecular flexibility index (Phi) is 13.7. The molecule has 4 heteroatoms. The van der Waals surface area contributed by atoms with Gasteiger partial charge < -0.3 is 8.85 Å². The summed E-state index contributed by atoms with van der Waals surface area (Å²) in [5, 5.41) is 0. The van der Waals surface area contributed by atoms with E-state index in [4.69, 9.17) is 8.85 Å². The SMILES string of the molecule is CCO[Si]CCCC(C)CCC[Si]OCC. The molecular weight excluding hydrogens is 232 g/mol. The highest BCUT2D eigenvalue weighted by atomic mass is 28.2. The van der Waals surface area contributed by atoms with E-state index in [-0.39, 0.29) is 0 Å². The van der Waals surface area contributed by atoms with E-state index in [1.807, 2.05) is 0 Å². The maximum atomic E-state index is 5.35. The fourth-order valence-electron chi connectivity index (χ4n) is 1.54. The third-order valence-electron chi connectivity index (χ3n) is 2.44. The van der Waals surface area contributed by atoms with Gasteiger partial charge in [-0.2, -0.15) is 0 Å². The van der Waals surface area contributed by atoms with Crippen molar-refractivity contribution in [2.24, 2.45) is 5.92 Å². The van der Waals surface area contributed by atoms with E-state index in [0.29, 0.717) is 19.5 Å². The maximum Gasteiger partial charge on any atom is 0.229 e. The predicted molar refractivity (Wildman–Crippen MR) is 72.0 cm³/mol. The first-order chi connectivity index (χ1) is 7.81. The molecule has 0 unspecified atom stereocenters. The highest BCUT2D eigenvalue weighted by Gasteiger charge is 2.02. The van der Waals surface area contributed by atoms with Crippen LogP contribution < -0.4 is 0 Å². The maximum absolute atomic E-state index is 5.35. The molecule has 0 saturated heterocycles. The molecule has 0 spiro atoms. The molecule has 0 aliphatic heterocycles. The molecule has 94 valence electrons.